The molecule has 2 nitrogen and oxygen atoms in total. The molecule has 2 N–H and O–H groups in total. The highest BCUT2D eigenvalue weighted by atomic mass is 32.1. The number of ether oxygens (including phenoxy) is 1. The molecule has 0 amide bonds. The molecule has 0 unspecified atom stereocenters. The van der Waals surface area contributed by atoms with Crippen LogP contribution in [0.25, 0.3) is 0 Å². The zero-order valence-corrected chi connectivity index (χ0v) is 11.9. The van der Waals surface area contributed by atoms with Crippen LogP contribution in [-0.4, -0.2) is 11.6 Å². The summed E-state index contributed by atoms with van der Waals surface area (Å²) in [5.41, 5.74) is 6.86. The minimum Gasteiger partial charge on any atom is -0.389 e. The van der Waals surface area contributed by atoms with Crippen LogP contribution in [0.3, 0.4) is 0 Å². The molecule has 1 rings (SSSR count). The highest BCUT2D eigenvalue weighted by Gasteiger charge is 2.10. The van der Waals surface area contributed by atoms with Gasteiger partial charge in [-0.05, 0) is 29.5 Å². The molecule has 0 aliphatic rings. The summed E-state index contributed by atoms with van der Waals surface area (Å²) < 4.78 is 18.9. The largest absolute Gasteiger partial charge is 0.389 e. The number of hydrogen-bond acceptors (Lipinski definition) is 2. The lowest BCUT2D eigenvalue weighted by atomic mass is 9.93. The third kappa shape index (κ3) is 5.10. The lowest BCUT2D eigenvalue weighted by molar-refractivity contribution is 0.0962. The van der Waals surface area contributed by atoms with E-state index in [1.165, 1.54) is 6.07 Å². The first kappa shape index (κ1) is 15.1. The molecule has 0 aliphatic carbocycles. The van der Waals surface area contributed by atoms with E-state index in [1.807, 2.05) is 0 Å². The second-order valence-electron chi connectivity index (χ2n) is 5.54. The second-order valence-corrected chi connectivity index (χ2v) is 5.98. The second kappa shape index (κ2) is 6.25. The Morgan fingerprint density at radius 1 is 1.39 bits per heavy atom. The maximum Gasteiger partial charge on any atom is 0.133 e. The molecule has 0 aliphatic heterocycles. The van der Waals surface area contributed by atoms with E-state index in [-0.39, 0.29) is 21.8 Å². The van der Waals surface area contributed by atoms with E-state index < -0.39 is 0 Å². The number of benzene rings is 1. The summed E-state index contributed by atoms with van der Waals surface area (Å²) in [5.74, 6) is -0.388. The Labute approximate surface area is 113 Å². The minimum atomic E-state index is -0.388. The molecule has 0 spiro atoms. The fraction of sp³-hybridized carbons (Fsp3) is 0.500. The molecule has 4 heteroatoms. The summed E-state index contributed by atoms with van der Waals surface area (Å²) in [4.78, 5) is 0.0732. The van der Waals surface area contributed by atoms with Gasteiger partial charge in [0.1, 0.15) is 10.8 Å². The first-order valence-corrected chi connectivity index (χ1v) is 6.36. The summed E-state index contributed by atoms with van der Waals surface area (Å²) in [6.45, 7) is 7.63. The molecule has 100 valence electrons. The van der Waals surface area contributed by atoms with Crippen molar-refractivity contribution in [3.63, 3.8) is 0 Å². The average Bonchev–Trinajstić information content (AvgIpc) is 2.24. The highest BCUT2D eigenvalue weighted by Crippen LogP contribution is 2.18. The molecule has 0 saturated carbocycles. The van der Waals surface area contributed by atoms with E-state index in [0.29, 0.717) is 13.2 Å². The van der Waals surface area contributed by atoms with Crippen molar-refractivity contribution in [3.05, 3.63) is 35.1 Å². The smallest absolute Gasteiger partial charge is 0.133 e. The van der Waals surface area contributed by atoms with Crippen LogP contribution in [0.4, 0.5) is 4.39 Å². The molecule has 1 aromatic rings. The number of hydrogen-bond donors (Lipinski definition) is 1. The van der Waals surface area contributed by atoms with E-state index in [1.54, 1.807) is 12.1 Å². The Kier molecular flexibility index (Phi) is 5.23. The van der Waals surface area contributed by atoms with Crippen LogP contribution in [0.2, 0.25) is 0 Å². The van der Waals surface area contributed by atoms with Gasteiger partial charge in [0, 0.05) is 12.2 Å². The van der Waals surface area contributed by atoms with Crippen molar-refractivity contribution in [2.45, 2.75) is 33.8 Å². The van der Waals surface area contributed by atoms with Gasteiger partial charge in [-0.15, -0.1) is 0 Å². The Bertz CT molecular complexity index is 426. The molecule has 0 saturated heterocycles. The average molecular weight is 269 g/mol. The van der Waals surface area contributed by atoms with Gasteiger partial charge >= 0.3 is 0 Å². The molecule has 0 bridgehead atoms. The van der Waals surface area contributed by atoms with Crippen LogP contribution in [-0.2, 0) is 11.3 Å². The quantitative estimate of drug-likeness (QED) is 0.657. The predicted molar refractivity (Wildman–Crippen MR) is 76.0 cm³/mol. The highest BCUT2D eigenvalue weighted by molar-refractivity contribution is 7.80. The van der Waals surface area contributed by atoms with Gasteiger partial charge in [0.25, 0.3) is 0 Å². The number of halogens is 1. The fourth-order valence-electron chi connectivity index (χ4n) is 1.42. The Morgan fingerprint density at radius 2 is 2.06 bits per heavy atom. The van der Waals surface area contributed by atoms with Gasteiger partial charge in [-0.25, -0.2) is 4.39 Å². The predicted octanol–water partition coefficient (Wildman–Crippen LogP) is 3.41. The van der Waals surface area contributed by atoms with Crippen molar-refractivity contribution in [3.8, 4) is 0 Å². The molecular formula is C14H20FNOS. The van der Waals surface area contributed by atoms with Crippen LogP contribution in [0.1, 0.15) is 38.3 Å². The third-order valence-corrected chi connectivity index (χ3v) is 2.78. The molecule has 0 aromatic heterocycles. The molecule has 0 heterocycles. The molecule has 0 fully saturated rings. The van der Waals surface area contributed by atoms with E-state index in [0.717, 1.165) is 12.0 Å². The SMILES string of the molecule is CC(C)(C)CCOCc1ccc(F)c(C(N)=S)c1. The normalized spacial score (nSPS) is 11.6. The number of rotatable bonds is 5. The van der Waals surface area contributed by atoms with Gasteiger partial charge in [-0.3, -0.25) is 0 Å². The van der Waals surface area contributed by atoms with E-state index >= 15 is 0 Å². The van der Waals surface area contributed by atoms with Gasteiger partial charge in [0.15, 0.2) is 0 Å². The van der Waals surface area contributed by atoms with Gasteiger partial charge in [0.2, 0.25) is 0 Å². The minimum absolute atomic E-state index is 0.0732. The summed E-state index contributed by atoms with van der Waals surface area (Å²) in [7, 11) is 0. The number of nitrogens with two attached hydrogens (primary N) is 1. The van der Waals surface area contributed by atoms with Crippen molar-refractivity contribution in [1.29, 1.82) is 0 Å². The van der Waals surface area contributed by atoms with E-state index in [4.69, 9.17) is 22.7 Å². The molecule has 0 radical (unpaired) electrons. The van der Waals surface area contributed by atoms with Crippen molar-refractivity contribution in [1.82, 2.24) is 0 Å². The summed E-state index contributed by atoms with van der Waals surface area (Å²) in [6.07, 6.45) is 0.982. The van der Waals surface area contributed by atoms with Crippen molar-refractivity contribution >= 4 is 17.2 Å². The molecule has 0 atom stereocenters. The van der Waals surface area contributed by atoms with Crippen LogP contribution < -0.4 is 5.73 Å². The van der Waals surface area contributed by atoms with Crippen LogP contribution in [0.15, 0.2) is 18.2 Å². The molecular weight excluding hydrogens is 249 g/mol. The van der Waals surface area contributed by atoms with Gasteiger partial charge < -0.3 is 10.5 Å². The van der Waals surface area contributed by atoms with Crippen molar-refractivity contribution < 1.29 is 9.13 Å². The first-order valence-electron chi connectivity index (χ1n) is 5.95. The lowest BCUT2D eigenvalue weighted by Crippen LogP contribution is -2.13. The van der Waals surface area contributed by atoms with Crippen LogP contribution in [0, 0.1) is 11.2 Å². The first-order chi connectivity index (χ1) is 8.29. The number of thiocarbonyl (C=S) groups is 1. The van der Waals surface area contributed by atoms with Crippen LogP contribution in [0.5, 0.6) is 0 Å². The Hall–Kier alpha value is -1.00. The molecule has 18 heavy (non-hydrogen) atoms. The fourth-order valence-corrected chi connectivity index (χ4v) is 1.58. The van der Waals surface area contributed by atoms with Crippen LogP contribution >= 0.6 is 12.2 Å². The maximum absolute atomic E-state index is 13.4. The lowest BCUT2D eigenvalue weighted by Gasteiger charge is -2.17. The third-order valence-electron chi connectivity index (χ3n) is 2.56. The summed E-state index contributed by atoms with van der Waals surface area (Å²) in [5, 5.41) is 0. The topological polar surface area (TPSA) is 35.2 Å². The maximum atomic E-state index is 13.4. The van der Waals surface area contributed by atoms with Gasteiger partial charge in [0.05, 0.1) is 6.61 Å². The summed E-state index contributed by atoms with van der Waals surface area (Å²) >= 11 is 4.79. The monoisotopic (exact) mass is 269 g/mol. The van der Waals surface area contributed by atoms with E-state index in [9.17, 15) is 4.39 Å². The van der Waals surface area contributed by atoms with Gasteiger partial charge in [-0.1, -0.05) is 39.1 Å². The van der Waals surface area contributed by atoms with Crippen molar-refractivity contribution in [2.24, 2.45) is 11.1 Å². The zero-order chi connectivity index (χ0) is 13.8. The standard InChI is InChI=1S/C14H20FNOS/c1-14(2,3)6-7-17-9-10-4-5-12(15)11(8-10)13(16)18/h4-5,8H,6-7,9H2,1-3H3,(H2,16,18). The van der Waals surface area contributed by atoms with E-state index in [2.05, 4.69) is 20.8 Å². The zero-order valence-electron chi connectivity index (χ0n) is 11.1. The van der Waals surface area contributed by atoms with Gasteiger partial charge in [-0.2, -0.15) is 0 Å². The Morgan fingerprint density at radius 3 is 2.61 bits per heavy atom. The molecule has 1 aromatic carbocycles. The summed E-state index contributed by atoms with van der Waals surface area (Å²) in [6, 6.07) is 4.71. The Balaban J connectivity index is 2.53. The van der Waals surface area contributed by atoms with Crippen molar-refractivity contribution in [2.75, 3.05) is 6.61 Å².